The van der Waals surface area contributed by atoms with Crippen LogP contribution in [0.1, 0.15) is 19.4 Å². The molecule has 7 nitrogen and oxygen atoms in total. The zero-order chi connectivity index (χ0) is 18.4. The zero-order valence-electron chi connectivity index (χ0n) is 14.0. The molecular weight excluding hydrogens is 342 g/mol. The molecule has 0 atom stereocenters. The van der Waals surface area contributed by atoms with E-state index >= 15 is 0 Å². The Kier molecular flexibility index (Phi) is 5.87. The number of amidine groups is 1. The van der Waals surface area contributed by atoms with Gasteiger partial charge in [0, 0.05) is 30.8 Å². The van der Waals surface area contributed by atoms with Crippen molar-refractivity contribution in [3.8, 4) is 0 Å². The molecule has 0 N–H and O–H groups in total. The van der Waals surface area contributed by atoms with Crippen LogP contribution in [0.15, 0.2) is 63.9 Å². The molecule has 0 aliphatic rings. The van der Waals surface area contributed by atoms with Gasteiger partial charge >= 0.3 is 0 Å². The fourth-order valence-electron chi connectivity index (χ4n) is 2.33. The van der Waals surface area contributed by atoms with Gasteiger partial charge in [-0.2, -0.15) is 8.42 Å². The number of hydrogen-bond donors (Lipinski definition) is 0. The molecule has 0 unspecified atom stereocenters. The lowest BCUT2D eigenvalue weighted by atomic mass is 10.2. The summed E-state index contributed by atoms with van der Waals surface area (Å²) in [5.41, 5.74) is 0.376. The predicted molar refractivity (Wildman–Crippen MR) is 96.2 cm³/mol. The maximum atomic E-state index is 12.7. The predicted octanol–water partition coefficient (Wildman–Crippen LogP) is 3.07. The molecule has 2 aromatic rings. The highest BCUT2D eigenvalue weighted by atomic mass is 32.2. The van der Waals surface area contributed by atoms with E-state index in [1.54, 1.807) is 24.3 Å². The number of nitrogens with zero attached hydrogens (tertiary/aromatic N) is 3. The molecule has 132 valence electrons. The maximum Gasteiger partial charge on any atom is 0.284 e. The van der Waals surface area contributed by atoms with Gasteiger partial charge in [0.2, 0.25) is 0 Å². The van der Waals surface area contributed by atoms with Crippen molar-refractivity contribution in [2.45, 2.75) is 18.7 Å². The van der Waals surface area contributed by atoms with Crippen LogP contribution in [0.5, 0.6) is 0 Å². The molecule has 0 spiro atoms. The van der Waals surface area contributed by atoms with E-state index in [1.165, 1.54) is 18.2 Å². The van der Waals surface area contributed by atoms with Gasteiger partial charge in [-0.15, -0.1) is 4.40 Å². The number of hydrogen-bond acceptors (Lipinski definition) is 4. The van der Waals surface area contributed by atoms with Gasteiger partial charge in [0.1, 0.15) is 5.84 Å². The molecule has 0 saturated carbocycles. The molecule has 8 heteroatoms. The lowest BCUT2D eigenvalue weighted by molar-refractivity contribution is -0.385. The minimum Gasteiger partial charge on any atom is -0.356 e. The summed E-state index contributed by atoms with van der Waals surface area (Å²) in [5.74, 6) is 0.317. The van der Waals surface area contributed by atoms with Crippen LogP contribution < -0.4 is 0 Å². The number of benzene rings is 2. The lowest BCUT2D eigenvalue weighted by Gasteiger charge is -2.23. The van der Waals surface area contributed by atoms with Crippen molar-refractivity contribution < 1.29 is 13.3 Å². The summed E-state index contributed by atoms with van der Waals surface area (Å²) in [4.78, 5) is 11.9. The summed E-state index contributed by atoms with van der Waals surface area (Å²) in [5, 5.41) is 10.9. The summed E-state index contributed by atoms with van der Waals surface area (Å²) in [6, 6.07) is 13.9. The third kappa shape index (κ3) is 4.42. The molecule has 2 aromatic carbocycles. The number of nitro groups is 1. The quantitative estimate of drug-likeness (QED) is 0.341. The summed E-state index contributed by atoms with van der Waals surface area (Å²) in [6.07, 6.45) is 0. The number of non-ortho nitro benzene ring substituents is 1. The molecule has 0 saturated heterocycles. The Hall–Kier alpha value is -2.74. The van der Waals surface area contributed by atoms with Gasteiger partial charge in [-0.1, -0.05) is 36.4 Å². The van der Waals surface area contributed by atoms with Crippen molar-refractivity contribution in [1.82, 2.24) is 4.90 Å². The lowest BCUT2D eigenvalue weighted by Crippen LogP contribution is -2.32. The Labute approximate surface area is 146 Å². The van der Waals surface area contributed by atoms with Crippen LogP contribution in [0.3, 0.4) is 0 Å². The number of sulfonamides is 1. The van der Waals surface area contributed by atoms with Crippen molar-refractivity contribution in [2.75, 3.05) is 13.1 Å². The largest absolute Gasteiger partial charge is 0.356 e. The topological polar surface area (TPSA) is 92.9 Å². The minimum atomic E-state index is -4.09. The Balaban J connectivity index is 2.58. The highest BCUT2D eigenvalue weighted by molar-refractivity contribution is 7.90. The van der Waals surface area contributed by atoms with Crippen LogP contribution in [0.4, 0.5) is 5.69 Å². The first kappa shape index (κ1) is 18.6. The zero-order valence-corrected chi connectivity index (χ0v) is 14.8. The van der Waals surface area contributed by atoms with Gasteiger partial charge in [-0.05, 0) is 19.9 Å². The normalized spacial score (nSPS) is 12.0. The van der Waals surface area contributed by atoms with Gasteiger partial charge in [-0.25, -0.2) is 0 Å². The third-order valence-corrected chi connectivity index (χ3v) is 4.89. The Morgan fingerprint density at radius 1 is 1.08 bits per heavy atom. The van der Waals surface area contributed by atoms with Gasteiger partial charge in [-0.3, -0.25) is 10.1 Å². The SMILES string of the molecule is CCN(CC)/C(=N\S(=O)(=O)c1cccc([N+](=O)[O-])c1)c1ccccc1. The third-order valence-electron chi connectivity index (χ3n) is 3.63. The van der Waals surface area contributed by atoms with Crippen molar-refractivity contribution in [3.63, 3.8) is 0 Å². The van der Waals surface area contributed by atoms with E-state index < -0.39 is 14.9 Å². The average molecular weight is 361 g/mol. The second-order valence-corrected chi connectivity index (χ2v) is 6.79. The second kappa shape index (κ2) is 7.89. The summed E-state index contributed by atoms with van der Waals surface area (Å²) in [6.45, 7) is 4.97. The molecule has 0 fully saturated rings. The van der Waals surface area contributed by atoms with Crippen molar-refractivity contribution in [2.24, 2.45) is 4.40 Å². The fourth-order valence-corrected chi connectivity index (χ4v) is 3.40. The monoisotopic (exact) mass is 361 g/mol. The van der Waals surface area contributed by atoms with E-state index in [-0.39, 0.29) is 10.6 Å². The minimum absolute atomic E-state index is 0.206. The van der Waals surface area contributed by atoms with E-state index in [0.29, 0.717) is 24.5 Å². The molecule has 0 aliphatic carbocycles. The molecule has 0 heterocycles. The molecule has 2 rings (SSSR count). The van der Waals surface area contributed by atoms with Crippen LogP contribution in [0.25, 0.3) is 0 Å². The molecule has 0 amide bonds. The van der Waals surface area contributed by atoms with E-state index in [0.717, 1.165) is 6.07 Å². The number of nitro benzene ring substituents is 1. The smallest absolute Gasteiger partial charge is 0.284 e. The Morgan fingerprint density at radius 2 is 1.72 bits per heavy atom. The molecule has 0 radical (unpaired) electrons. The summed E-state index contributed by atoms with van der Waals surface area (Å²) < 4.78 is 29.4. The van der Waals surface area contributed by atoms with Gasteiger partial charge in [0.25, 0.3) is 15.7 Å². The van der Waals surface area contributed by atoms with E-state index in [2.05, 4.69) is 4.40 Å². The van der Waals surface area contributed by atoms with E-state index in [4.69, 9.17) is 0 Å². The first-order valence-electron chi connectivity index (χ1n) is 7.78. The van der Waals surface area contributed by atoms with Crippen LogP contribution in [-0.2, 0) is 10.0 Å². The van der Waals surface area contributed by atoms with Gasteiger partial charge < -0.3 is 4.90 Å². The fraction of sp³-hybridized carbons (Fsp3) is 0.235. The average Bonchev–Trinajstić information content (AvgIpc) is 2.62. The van der Waals surface area contributed by atoms with Crippen LogP contribution in [0.2, 0.25) is 0 Å². The van der Waals surface area contributed by atoms with Crippen LogP contribution in [-0.4, -0.2) is 37.2 Å². The maximum absolute atomic E-state index is 12.7. The Morgan fingerprint density at radius 3 is 2.28 bits per heavy atom. The summed E-state index contributed by atoms with van der Waals surface area (Å²) >= 11 is 0. The van der Waals surface area contributed by atoms with Crippen molar-refractivity contribution in [1.29, 1.82) is 0 Å². The molecule has 0 aromatic heterocycles. The van der Waals surface area contributed by atoms with Crippen LogP contribution >= 0.6 is 0 Å². The first-order chi connectivity index (χ1) is 11.9. The molecule has 0 aliphatic heterocycles. The number of rotatable bonds is 6. The molecule has 25 heavy (non-hydrogen) atoms. The standard InChI is InChI=1S/C17H19N3O4S/c1-3-19(4-2)17(14-9-6-5-7-10-14)18-25(23,24)16-12-8-11-15(13-16)20(21)22/h5-13H,3-4H2,1-2H3/b18-17-. The van der Waals surface area contributed by atoms with Crippen molar-refractivity contribution >= 4 is 21.5 Å². The highest BCUT2D eigenvalue weighted by Crippen LogP contribution is 2.20. The van der Waals surface area contributed by atoms with Crippen LogP contribution in [0, 0.1) is 10.1 Å². The van der Waals surface area contributed by atoms with Crippen molar-refractivity contribution in [3.05, 3.63) is 70.3 Å². The highest BCUT2D eigenvalue weighted by Gasteiger charge is 2.20. The van der Waals surface area contributed by atoms with Gasteiger partial charge in [0.05, 0.1) is 9.82 Å². The summed E-state index contributed by atoms with van der Waals surface area (Å²) in [7, 11) is -4.09. The molecule has 0 bridgehead atoms. The Bertz CT molecular complexity index is 876. The van der Waals surface area contributed by atoms with E-state index in [1.807, 2.05) is 24.8 Å². The second-order valence-electron chi connectivity index (χ2n) is 5.18. The first-order valence-corrected chi connectivity index (χ1v) is 9.22. The molecular formula is C17H19N3O4S. The van der Waals surface area contributed by atoms with E-state index in [9.17, 15) is 18.5 Å². The van der Waals surface area contributed by atoms with Gasteiger partial charge in [0.15, 0.2) is 0 Å².